The number of H-pyrrole nitrogens is 1. The molecule has 0 saturated carbocycles. The number of hydrogen-bond donors (Lipinski definition) is 2. The summed E-state index contributed by atoms with van der Waals surface area (Å²) >= 11 is 6.00. The van der Waals surface area contributed by atoms with Gasteiger partial charge in [-0.1, -0.05) is 29.8 Å². The molecule has 3 aromatic rings. The summed E-state index contributed by atoms with van der Waals surface area (Å²) in [6.07, 6.45) is 1.86. The first-order chi connectivity index (χ1) is 13.5. The topological polar surface area (TPSA) is 80.4 Å². The fourth-order valence-corrected chi connectivity index (χ4v) is 3.68. The van der Waals surface area contributed by atoms with Gasteiger partial charge in [0.1, 0.15) is 11.8 Å². The molecule has 2 heterocycles. The highest BCUT2D eigenvalue weighted by atomic mass is 35.5. The summed E-state index contributed by atoms with van der Waals surface area (Å²) < 4.78 is 10.6. The number of aromatic amines is 1. The van der Waals surface area contributed by atoms with Crippen LogP contribution in [0.4, 0.5) is 0 Å². The van der Waals surface area contributed by atoms with Crippen molar-refractivity contribution < 1.29 is 19.1 Å². The number of methoxy groups -OCH3 is 1. The molecular weight excluding hydrogens is 380 g/mol. The van der Waals surface area contributed by atoms with E-state index in [9.17, 15) is 9.59 Å². The van der Waals surface area contributed by atoms with Crippen LogP contribution in [-0.2, 0) is 27.2 Å². The number of aromatic nitrogens is 1. The average molecular weight is 399 g/mol. The monoisotopic (exact) mass is 398 g/mol. The van der Waals surface area contributed by atoms with Crippen LogP contribution in [0.2, 0.25) is 5.02 Å². The summed E-state index contributed by atoms with van der Waals surface area (Å²) in [5, 5.41) is 4.37. The van der Waals surface area contributed by atoms with Crippen LogP contribution in [0, 0.1) is 0 Å². The standard InChI is InChI=1S/C21H19ClN2O4/c1-27-21(26)17(9-13-11-23-16-5-3-2-4-15(13)16)24-20(25)19-10-12-8-14(22)6-7-18(12)28-19/h2-8,11,17,19,23H,9-10H2,1H3,(H,24,25)/t17-,19+/m0/s1. The second kappa shape index (κ2) is 7.56. The molecular formula is C21H19ClN2O4. The summed E-state index contributed by atoms with van der Waals surface area (Å²) in [7, 11) is 1.31. The predicted octanol–water partition coefficient (Wildman–Crippen LogP) is 3.03. The van der Waals surface area contributed by atoms with Crippen LogP contribution >= 0.6 is 11.6 Å². The molecule has 144 valence electrons. The van der Waals surface area contributed by atoms with E-state index in [1.165, 1.54) is 7.11 Å². The van der Waals surface area contributed by atoms with Crippen LogP contribution in [0.5, 0.6) is 5.75 Å². The molecule has 1 aliphatic rings. The Morgan fingerprint density at radius 1 is 1.32 bits per heavy atom. The predicted molar refractivity (Wildman–Crippen MR) is 106 cm³/mol. The van der Waals surface area contributed by atoms with Crippen molar-refractivity contribution in [2.75, 3.05) is 7.11 Å². The Labute approximate surface area is 166 Å². The molecule has 2 aromatic carbocycles. The van der Waals surface area contributed by atoms with Gasteiger partial charge in [0, 0.05) is 35.0 Å². The number of esters is 1. The Balaban J connectivity index is 1.49. The lowest BCUT2D eigenvalue weighted by Crippen LogP contribution is -2.48. The van der Waals surface area contributed by atoms with Gasteiger partial charge in [0.15, 0.2) is 6.10 Å². The van der Waals surface area contributed by atoms with Gasteiger partial charge in [-0.05, 0) is 35.4 Å². The number of para-hydroxylation sites is 1. The SMILES string of the molecule is COC(=O)[C@H](Cc1c[nH]c2ccccc12)NC(=O)[C@H]1Cc2cc(Cl)ccc2O1. The second-order valence-electron chi connectivity index (χ2n) is 6.71. The van der Waals surface area contributed by atoms with Gasteiger partial charge in [0.05, 0.1) is 7.11 Å². The van der Waals surface area contributed by atoms with Gasteiger partial charge in [0.2, 0.25) is 0 Å². The van der Waals surface area contributed by atoms with Crippen molar-refractivity contribution in [2.24, 2.45) is 0 Å². The minimum Gasteiger partial charge on any atom is -0.480 e. The van der Waals surface area contributed by atoms with E-state index < -0.39 is 18.1 Å². The van der Waals surface area contributed by atoms with Crippen molar-refractivity contribution in [1.82, 2.24) is 10.3 Å². The van der Waals surface area contributed by atoms with Gasteiger partial charge in [0.25, 0.3) is 5.91 Å². The summed E-state index contributed by atoms with van der Waals surface area (Å²) in [5.74, 6) is -0.226. The number of carbonyl (C=O) groups is 2. The number of hydrogen-bond acceptors (Lipinski definition) is 4. The largest absolute Gasteiger partial charge is 0.480 e. The molecule has 0 saturated heterocycles. The average Bonchev–Trinajstić information content (AvgIpc) is 3.30. The second-order valence-corrected chi connectivity index (χ2v) is 7.15. The van der Waals surface area contributed by atoms with E-state index in [1.807, 2.05) is 30.5 Å². The third-order valence-corrected chi connectivity index (χ3v) is 5.13. The van der Waals surface area contributed by atoms with Crippen LogP contribution in [0.1, 0.15) is 11.1 Å². The van der Waals surface area contributed by atoms with Crippen molar-refractivity contribution >= 4 is 34.4 Å². The maximum Gasteiger partial charge on any atom is 0.328 e. The Morgan fingerprint density at radius 3 is 2.96 bits per heavy atom. The van der Waals surface area contributed by atoms with Crippen LogP contribution < -0.4 is 10.1 Å². The zero-order valence-corrected chi connectivity index (χ0v) is 16.0. The number of benzene rings is 2. The molecule has 1 aromatic heterocycles. The Bertz CT molecular complexity index is 1050. The number of carbonyl (C=O) groups excluding carboxylic acids is 2. The van der Waals surface area contributed by atoms with Gasteiger partial charge >= 0.3 is 5.97 Å². The van der Waals surface area contributed by atoms with Crippen molar-refractivity contribution in [3.63, 3.8) is 0 Å². The lowest BCUT2D eigenvalue weighted by molar-refractivity contribution is -0.145. The Hall–Kier alpha value is -2.99. The number of amides is 1. The van der Waals surface area contributed by atoms with Gasteiger partial charge in [-0.15, -0.1) is 0 Å². The molecule has 7 heteroatoms. The number of rotatable bonds is 5. The molecule has 0 radical (unpaired) electrons. The molecule has 6 nitrogen and oxygen atoms in total. The third kappa shape index (κ3) is 3.55. The molecule has 0 bridgehead atoms. The zero-order chi connectivity index (χ0) is 19.7. The van der Waals surface area contributed by atoms with Crippen molar-refractivity contribution in [3.8, 4) is 5.75 Å². The van der Waals surface area contributed by atoms with Crippen molar-refractivity contribution in [3.05, 3.63) is 64.8 Å². The molecule has 0 fully saturated rings. The van der Waals surface area contributed by atoms with E-state index in [4.69, 9.17) is 21.1 Å². The normalized spacial score (nSPS) is 16.3. The molecule has 0 unspecified atom stereocenters. The number of halogens is 1. The fourth-order valence-electron chi connectivity index (χ4n) is 3.48. The van der Waals surface area contributed by atoms with E-state index in [-0.39, 0.29) is 5.91 Å². The quantitative estimate of drug-likeness (QED) is 0.647. The Kier molecular flexibility index (Phi) is 4.96. The van der Waals surface area contributed by atoms with Gasteiger partial charge in [-0.25, -0.2) is 4.79 Å². The summed E-state index contributed by atoms with van der Waals surface area (Å²) in [6, 6.07) is 12.2. The minimum atomic E-state index is -0.812. The zero-order valence-electron chi connectivity index (χ0n) is 15.2. The van der Waals surface area contributed by atoms with Gasteiger partial charge in [-0.2, -0.15) is 0 Å². The maximum atomic E-state index is 12.7. The lowest BCUT2D eigenvalue weighted by atomic mass is 10.0. The first kappa shape index (κ1) is 18.4. The molecule has 0 aliphatic carbocycles. The van der Waals surface area contributed by atoms with E-state index in [0.717, 1.165) is 22.0 Å². The summed E-state index contributed by atoms with van der Waals surface area (Å²) in [5.41, 5.74) is 2.77. The molecule has 28 heavy (non-hydrogen) atoms. The number of fused-ring (bicyclic) bond motifs is 2. The van der Waals surface area contributed by atoms with Crippen LogP contribution in [0.3, 0.4) is 0 Å². The molecule has 4 rings (SSSR count). The van der Waals surface area contributed by atoms with Crippen molar-refractivity contribution in [1.29, 1.82) is 0 Å². The highest BCUT2D eigenvalue weighted by Crippen LogP contribution is 2.31. The van der Waals surface area contributed by atoms with Crippen LogP contribution in [0.15, 0.2) is 48.7 Å². The smallest absolute Gasteiger partial charge is 0.328 e. The van der Waals surface area contributed by atoms with Gasteiger partial charge < -0.3 is 19.8 Å². The van der Waals surface area contributed by atoms with E-state index in [1.54, 1.807) is 18.2 Å². The molecule has 1 aliphatic heterocycles. The highest BCUT2D eigenvalue weighted by Gasteiger charge is 2.32. The third-order valence-electron chi connectivity index (χ3n) is 4.89. The number of ether oxygens (including phenoxy) is 2. The van der Waals surface area contributed by atoms with Crippen molar-refractivity contribution in [2.45, 2.75) is 25.0 Å². The van der Waals surface area contributed by atoms with Crippen LogP contribution in [0.25, 0.3) is 10.9 Å². The molecule has 2 atom stereocenters. The molecule has 1 amide bonds. The molecule has 0 spiro atoms. The Morgan fingerprint density at radius 2 is 2.14 bits per heavy atom. The first-order valence-corrected chi connectivity index (χ1v) is 9.31. The highest BCUT2D eigenvalue weighted by molar-refractivity contribution is 6.30. The minimum absolute atomic E-state index is 0.313. The summed E-state index contributed by atoms with van der Waals surface area (Å²) in [4.78, 5) is 28.2. The fraction of sp³-hybridized carbons (Fsp3) is 0.238. The number of nitrogens with one attached hydrogen (secondary N) is 2. The van der Waals surface area contributed by atoms with E-state index in [0.29, 0.717) is 23.6 Å². The first-order valence-electron chi connectivity index (χ1n) is 8.93. The summed E-state index contributed by atoms with van der Waals surface area (Å²) in [6.45, 7) is 0. The molecule has 2 N–H and O–H groups in total. The van der Waals surface area contributed by atoms with E-state index in [2.05, 4.69) is 10.3 Å². The lowest BCUT2D eigenvalue weighted by Gasteiger charge is -2.18. The maximum absolute atomic E-state index is 12.7. The van der Waals surface area contributed by atoms with E-state index >= 15 is 0 Å². The van der Waals surface area contributed by atoms with Crippen LogP contribution in [-0.4, -0.2) is 36.1 Å². The van der Waals surface area contributed by atoms with Gasteiger partial charge in [-0.3, -0.25) is 4.79 Å².